The van der Waals surface area contributed by atoms with Crippen molar-refractivity contribution in [1.29, 1.82) is 5.26 Å². The Bertz CT molecular complexity index is 1480. The predicted molar refractivity (Wildman–Crippen MR) is 124 cm³/mol. The number of aromatic amines is 1. The van der Waals surface area contributed by atoms with Crippen molar-refractivity contribution in [2.45, 2.75) is 37.9 Å². The quantitative estimate of drug-likeness (QED) is 0.370. The van der Waals surface area contributed by atoms with E-state index in [9.17, 15) is 23.2 Å². The van der Waals surface area contributed by atoms with Gasteiger partial charge in [0.2, 0.25) is 5.95 Å². The second-order valence-electron chi connectivity index (χ2n) is 8.76. The van der Waals surface area contributed by atoms with Gasteiger partial charge >= 0.3 is 6.18 Å². The summed E-state index contributed by atoms with van der Waals surface area (Å²) >= 11 is 0. The number of pyridine rings is 1. The molecule has 0 saturated heterocycles. The molecule has 188 valence electrons. The van der Waals surface area contributed by atoms with Crippen LogP contribution in [0.2, 0.25) is 0 Å². The van der Waals surface area contributed by atoms with E-state index in [1.165, 1.54) is 0 Å². The van der Waals surface area contributed by atoms with Crippen LogP contribution in [0, 0.1) is 17.2 Å². The van der Waals surface area contributed by atoms with Crippen LogP contribution in [0.25, 0.3) is 11.0 Å². The van der Waals surface area contributed by atoms with Crippen molar-refractivity contribution in [2.75, 3.05) is 11.9 Å². The average molecular weight is 507 g/mol. The van der Waals surface area contributed by atoms with E-state index < -0.39 is 17.7 Å². The van der Waals surface area contributed by atoms with Crippen molar-refractivity contribution >= 4 is 22.8 Å². The smallest absolute Gasteiger partial charge is 0.333 e. The first kappa shape index (κ1) is 24.2. The van der Waals surface area contributed by atoms with Crippen LogP contribution in [-0.2, 0) is 12.6 Å². The number of hydrogen-bond donors (Lipinski definition) is 1. The van der Waals surface area contributed by atoms with Gasteiger partial charge in [0.25, 0.3) is 0 Å². The molecule has 1 aliphatic rings. The number of carbonyl (C=O) groups excluding carboxylic acids is 1. The van der Waals surface area contributed by atoms with Crippen LogP contribution in [0.4, 0.5) is 19.1 Å². The molecule has 1 N–H and O–H groups in total. The van der Waals surface area contributed by atoms with Gasteiger partial charge in [-0.3, -0.25) is 14.9 Å². The molecule has 1 atom stereocenters. The van der Waals surface area contributed by atoms with Crippen LogP contribution in [0.15, 0.2) is 36.8 Å². The van der Waals surface area contributed by atoms with Crippen molar-refractivity contribution in [3.05, 3.63) is 65.3 Å². The molecule has 1 saturated carbocycles. The lowest BCUT2D eigenvalue weighted by molar-refractivity contribution is -0.141. The van der Waals surface area contributed by atoms with Crippen molar-refractivity contribution in [3.63, 3.8) is 0 Å². The molecule has 4 heterocycles. The van der Waals surface area contributed by atoms with Gasteiger partial charge in [-0.25, -0.2) is 15.0 Å². The standard InChI is InChI=1S/C24H20F3N9O/c1-36(20(13-4-2-5-13)22-29-8-3-9-30-22)23-32-15(19-16(11-28)34-35-21(19)33-23)10-17(37)14-6-7-18(31-12-14)24(25,26)27/h3,6-9,12-13,20H,2,4-5,10H2,1H3,(H,32,33,34,35). The molecular formula is C24H20F3N9O. The number of hydrogen-bond acceptors (Lipinski definition) is 9. The van der Waals surface area contributed by atoms with E-state index in [0.717, 1.165) is 37.6 Å². The van der Waals surface area contributed by atoms with Crippen LogP contribution < -0.4 is 4.90 Å². The van der Waals surface area contributed by atoms with Crippen molar-refractivity contribution < 1.29 is 18.0 Å². The van der Waals surface area contributed by atoms with Gasteiger partial charge in [0, 0.05) is 31.2 Å². The zero-order valence-corrected chi connectivity index (χ0v) is 19.6. The number of rotatable bonds is 7. The van der Waals surface area contributed by atoms with E-state index in [2.05, 4.69) is 35.1 Å². The van der Waals surface area contributed by atoms with Gasteiger partial charge in [0.05, 0.1) is 23.5 Å². The van der Waals surface area contributed by atoms with Crippen molar-refractivity contribution in [3.8, 4) is 6.07 Å². The molecule has 37 heavy (non-hydrogen) atoms. The first-order valence-electron chi connectivity index (χ1n) is 11.5. The molecule has 0 amide bonds. The zero-order chi connectivity index (χ0) is 26.2. The second-order valence-corrected chi connectivity index (χ2v) is 8.76. The predicted octanol–water partition coefficient (Wildman–Crippen LogP) is 3.83. The Labute approximate surface area is 208 Å². The summed E-state index contributed by atoms with van der Waals surface area (Å²) in [6.07, 6.45) is 2.38. The summed E-state index contributed by atoms with van der Waals surface area (Å²) in [5, 5.41) is 16.5. The fraction of sp³-hybridized carbons (Fsp3) is 0.333. The Kier molecular flexibility index (Phi) is 6.24. The Morgan fingerprint density at radius 2 is 1.97 bits per heavy atom. The number of Topliss-reactive ketones (excluding diaryl/α,β-unsaturated/α-hetero) is 1. The first-order chi connectivity index (χ1) is 17.8. The van der Waals surface area contributed by atoms with Crippen LogP contribution in [0.5, 0.6) is 0 Å². The van der Waals surface area contributed by atoms with E-state index >= 15 is 0 Å². The number of carbonyl (C=O) groups is 1. The van der Waals surface area contributed by atoms with Gasteiger partial charge in [-0.2, -0.15) is 28.5 Å². The fourth-order valence-electron chi connectivity index (χ4n) is 4.37. The van der Waals surface area contributed by atoms with Gasteiger partial charge in [0.15, 0.2) is 17.3 Å². The van der Waals surface area contributed by atoms with Gasteiger partial charge in [-0.05, 0) is 37.0 Å². The topological polar surface area (TPSA) is 137 Å². The molecule has 0 bridgehead atoms. The normalized spacial score (nSPS) is 14.7. The van der Waals surface area contributed by atoms with Crippen molar-refractivity contribution in [2.24, 2.45) is 5.92 Å². The molecule has 1 aliphatic carbocycles. The summed E-state index contributed by atoms with van der Waals surface area (Å²) in [5.74, 6) is 0.651. The monoisotopic (exact) mass is 507 g/mol. The number of H-pyrrole nitrogens is 1. The average Bonchev–Trinajstić information content (AvgIpc) is 3.29. The molecule has 4 aromatic heterocycles. The summed E-state index contributed by atoms with van der Waals surface area (Å²) in [5.41, 5.74) is -0.600. The molecule has 0 aliphatic heterocycles. The lowest BCUT2D eigenvalue weighted by Crippen LogP contribution is -2.36. The van der Waals surface area contributed by atoms with E-state index in [1.807, 2.05) is 18.0 Å². The molecule has 13 heteroatoms. The van der Waals surface area contributed by atoms with Gasteiger partial charge in [-0.1, -0.05) is 6.42 Å². The van der Waals surface area contributed by atoms with E-state index in [4.69, 9.17) is 0 Å². The first-order valence-corrected chi connectivity index (χ1v) is 11.5. The van der Waals surface area contributed by atoms with E-state index in [1.54, 1.807) is 18.5 Å². The molecule has 10 nitrogen and oxygen atoms in total. The highest BCUT2D eigenvalue weighted by Crippen LogP contribution is 2.41. The molecule has 1 unspecified atom stereocenters. The zero-order valence-electron chi connectivity index (χ0n) is 19.6. The highest BCUT2D eigenvalue weighted by Gasteiger charge is 2.35. The highest BCUT2D eigenvalue weighted by molar-refractivity contribution is 5.99. The summed E-state index contributed by atoms with van der Waals surface area (Å²) in [6.45, 7) is 0. The van der Waals surface area contributed by atoms with E-state index in [-0.39, 0.29) is 52.3 Å². The number of alkyl halides is 3. The van der Waals surface area contributed by atoms with Gasteiger partial charge in [0.1, 0.15) is 17.5 Å². The Balaban J connectivity index is 1.52. The molecule has 0 aromatic carbocycles. The number of nitriles is 1. The molecular weight excluding hydrogens is 487 g/mol. The summed E-state index contributed by atoms with van der Waals surface area (Å²) in [7, 11) is 1.81. The van der Waals surface area contributed by atoms with E-state index in [0.29, 0.717) is 5.82 Å². The Morgan fingerprint density at radius 3 is 2.57 bits per heavy atom. The summed E-state index contributed by atoms with van der Waals surface area (Å²) < 4.78 is 38.6. The minimum atomic E-state index is -4.61. The third-order valence-electron chi connectivity index (χ3n) is 6.47. The highest BCUT2D eigenvalue weighted by atomic mass is 19.4. The number of fused-ring (bicyclic) bond motifs is 1. The molecule has 5 rings (SSSR count). The summed E-state index contributed by atoms with van der Waals surface area (Å²) in [6, 6.07) is 5.32. The maximum absolute atomic E-state index is 13.0. The lowest BCUT2D eigenvalue weighted by atomic mass is 9.79. The lowest BCUT2D eigenvalue weighted by Gasteiger charge is -2.38. The van der Waals surface area contributed by atoms with Gasteiger partial charge in [-0.15, -0.1) is 0 Å². The van der Waals surface area contributed by atoms with Crippen LogP contribution >= 0.6 is 0 Å². The number of nitrogens with zero attached hydrogens (tertiary/aromatic N) is 8. The molecule has 4 aromatic rings. The minimum Gasteiger partial charge on any atom is -0.333 e. The molecule has 0 radical (unpaired) electrons. The minimum absolute atomic E-state index is 0.0123. The number of ketones is 1. The summed E-state index contributed by atoms with van der Waals surface area (Å²) in [4.78, 5) is 36.2. The maximum Gasteiger partial charge on any atom is 0.433 e. The van der Waals surface area contributed by atoms with Crippen LogP contribution in [0.1, 0.15) is 58.6 Å². The van der Waals surface area contributed by atoms with Crippen LogP contribution in [0.3, 0.4) is 0 Å². The number of aromatic nitrogens is 7. The third-order valence-corrected chi connectivity index (χ3v) is 6.47. The third kappa shape index (κ3) is 4.69. The van der Waals surface area contributed by atoms with Crippen LogP contribution in [-0.4, -0.2) is 47.9 Å². The Hall–Kier alpha value is -4.47. The molecule has 1 fully saturated rings. The van der Waals surface area contributed by atoms with Gasteiger partial charge < -0.3 is 4.90 Å². The Morgan fingerprint density at radius 1 is 1.22 bits per heavy atom. The number of anilines is 1. The maximum atomic E-state index is 13.0. The molecule has 0 spiro atoms. The number of nitrogens with one attached hydrogen (secondary N) is 1. The SMILES string of the molecule is CN(c1nc(CC(=O)c2ccc(C(F)(F)F)nc2)c2c(C#N)[nH]nc2n1)C(c1ncccn1)C1CCC1. The second kappa shape index (κ2) is 9.53. The number of halogens is 3. The van der Waals surface area contributed by atoms with Crippen molar-refractivity contribution in [1.82, 2.24) is 35.1 Å². The fourth-order valence-corrected chi connectivity index (χ4v) is 4.37. The largest absolute Gasteiger partial charge is 0.433 e.